The normalized spacial score (nSPS) is 11.0. The topological polar surface area (TPSA) is 108 Å². The first-order valence-electron chi connectivity index (χ1n) is 6.82. The molecule has 2 heterocycles. The molecule has 22 heavy (non-hydrogen) atoms. The Balaban J connectivity index is 2.19. The van der Waals surface area contributed by atoms with Gasteiger partial charge in [-0.15, -0.1) is 0 Å². The highest BCUT2D eigenvalue weighted by Gasteiger charge is 2.22. The molecule has 0 saturated carbocycles. The lowest BCUT2D eigenvalue weighted by atomic mass is 10.3. The molecule has 2 aromatic heterocycles. The molecule has 1 N–H and O–H groups in total. The summed E-state index contributed by atoms with van der Waals surface area (Å²) in [7, 11) is 0. The predicted molar refractivity (Wildman–Crippen MR) is 78.6 cm³/mol. The number of nitrogens with one attached hydrogen (secondary N) is 1. The van der Waals surface area contributed by atoms with E-state index in [1.165, 1.54) is 9.36 Å². The van der Waals surface area contributed by atoms with E-state index in [4.69, 9.17) is 0 Å². The van der Waals surface area contributed by atoms with Gasteiger partial charge in [-0.3, -0.25) is 19.6 Å². The average Bonchev–Trinajstić information content (AvgIpc) is 2.95. The maximum absolute atomic E-state index is 11.8. The molecule has 0 radical (unpaired) electrons. The summed E-state index contributed by atoms with van der Waals surface area (Å²) in [6.07, 6.45) is 1.64. The highest BCUT2D eigenvalue weighted by molar-refractivity contribution is 5.92. The van der Waals surface area contributed by atoms with Crippen molar-refractivity contribution in [2.45, 2.75) is 40.4 Å². The molecule has 0 fully saturated rings. The number of rotatable bonds is 5. The lowest BCUT2D eigenvalue weighted by molar-refractivity contribution is -0.386. The number of amides is 1. The average molecular weight is 306 g/mol. The summed E-state index contributed by atoms with van der Waals surface area (Å²) in [5.74, 6) is -0.256. The summed E-state index contributed by atoms with van der Waals surface area (Å²) >= 11 is 0. The largest absolute Gasteiger partial charge is 0.348 e. The molecule has 0 aliphatic rings. The maximum Gasteiger partial charge on any atom is 0.312 e. The van der Waals surface area contributed by atoms with Gasteiger partial charge in [0.05, 0.1) is 4.92 Å². The number of aromatic nitrogens is 4. The fraction of sp³-hybridized carbons (Fsp3) is 0.462. The first-order valence-corrected chi connectivity index (χ1v) is 6.82. The minimum Gasteiger partial charge on any atom is -0.348 e. The first kappa shape index (κ1) is 15.7. The fourth-order valence-corrected chi connectivity index (χ4v) is 2.12. The summed E-state index contributed by atoms with van der Waals surface area (Å²) in [6, 6.07) is 1.62. The van der Waals surface area contributed by atoms with Crippen LogP contribution in [0, 0.1) is 24.0 Å². The Hall–Kier alpha value is -2.71. The van der Waals surface area contributed by atoms with E-state index in [-0.39, 0.29) is 24.3 Å². The fourth-order valence-electron chi connectivity index (χ4n) is 2.12. The van der Waals surface area contributed by atoms with E-state index in [1.54, 1.807) is 26.1 Å². The number of aryl methyl sites for hydroxylation is 1. The Morgan fingerprint density at radius 2 is 2.09 bits per heavy atom. The van der Waals surface area contributed by atoms with E-state index < -0.39 is 4.92 Å². The second-order valence-corrected chi connectivity index (χ2v) is 5.29. The number of carbonyl (C=O) groups is 1. The van der Waals surface area contributed by atoms with Gasteiger partial charge in [-0.2, -0.15) is 10.2 Å². The van der Waals surface area contributed by atoms with Gasteiger partial charge < -0.3 is 5.32 Å². The van der Waals surface area contributed by atoms with Gasteiger partial charge in [0.25, 0.3) is 5.91 Å². The Morgan fingerprint density at radius 3 is 2.64 bits per heavy atom. The Labute approximate surface area is 127 Å². The van der Waals surface area contributed by atoms with E-state index in [9.17, 15) is 14.9 Å². The monoisotopic (exact) mass is 306 g/mol. The number of carbonyl (C=O) groups excluding carboxylic acids is 1. The standard InChI is InChI=1S/C13H18N6O3/c1-8(2)14-13(20)11-5-6-17(16-11)7-18-10(4)12(19(21)22)9(3)15-18/h5-6,8H,7H2,1-4H3,(H,14,20). The summed E-state index contributed by atoms with van der Waals surface area (Å²) in [6.45, 7) is 7.16. The van der Waals surface area contributed by atoms with Gasteiger partial charge in [-0.1, -0.05) is 0 Å². The molecule has 0 unspecified atom stereocenters. The third-order valence-electron chi connectivity index (χ3n) is 3.10. The van der Waals surface area contributed by atoms with E-state index in [0.717, 1.165) is 0 Å². The van der Waals surface area contributed by atoms with Crippen molar-refractivity contribution >= 4 is 11.6 Å². The number of hydrogen-bond donors (Lipinski definition) is 1. The van der Waals surface area contributed by atoms with Crippen molar-refractivity contribution in [1.29, 1.82) is 0 Å². The quantitative estimate of drug-likeness (QED) is 0.660. The van der Waals surface area contributed by atoms with Crippen LogP contribution in [0.5, 0.6) is 0 Å². The van der Waals surface area contributed by atoms with Crippen molar-refractivity contribution in [2.24, 2.45) is 0 Å². The summed E-state index contributed by atoms with van der Waals surface area (Å²) < 4.78 is 3.00. The van der Waals surface area contributed by atoms with Crippen molar-refractivity contribution < 1.29 is 9.72 Å². The van der Waals surface area contributed by atoms with Gasteiger partial charge in [0.1, 0.15) is 23.8 Å². The van der Waals surface area contributed by atoms with Gasteiger partial charge in [-0.25, -0.2) is 4.68 Å². The molecule has 9 heteroatoms. The molecule has 0 bridgehead atoms. The third kappa shape index (κ3) is 3.13. The highest BCUT2D eigenvalue weighted by atomic mass is 16.6. The second-order valence-electron chi connectivity index (χ2n) is 5.29. The van der Waals surface area contributed by atoms with Crippen LogP contribution < -0.4 is 5.32 Å². The van der Waals surface area contributed by atoms with Gasteiger partial charge >= 0.3 is 5.69 Å². The van der Waals surface area contributed by atoms with Gasteiger partial charge in [0, 0.05) is 12.2 Å². The third-order valence-corrected chi connectivity index (χ3v) is 3.10. The van der Waals surface area contributed by atoms with Crippen LogP contribution in [0.4, 0.5) is 5.69 Å². The highest BCUT2D eigenvalue weighted by Crippen LogP contribution is 2.21. The zero-order chi connectivity index (χ0) is 16.4. The Kier molecular flexibility index (Phi) is 4.25. The van der Waals surface area contributed by atoms with Crippen molar-refractivity contribution in [2.75, 3.05) is 0 Å². The summed E-state index contributed by atoms with van der Waals surface area (Å²) in [4.78, 5) is 22.4. The second kappa shape index (κ2) is 5.96. The lowest BCUT2D eigenvalue weighted by Gasteiger charge is -2.06. The number of hydrogen-bond acceptors (Lipinski definition) is 5. The number of nitrogens with zero attached hydrogens (tertiary/aromatic N) is 5. The van der Waals surface area contributed by atoms with Crippen LogP contribution in [0.2, 0.25) is 0 Å². The molecule has 2 aromatic rings. The minimum absolute atomic E-state index is 0.00457. The molecule has 0 aromatic carbocycles. The molecule has 0 saturated heterocycles. The van der Waals surface area contributed by atoms with E-state index in [1.807, 2.05) is 13.8 Å². The molecular weight excluding hydrogens is 288 g/mol. The lowest BCUT2D eigenvalue weighted by Crippen LogP contribution is -2.30. The Morgan fingerprint density at radius 1 is 1.41 bits per heavy atom. The molecule has 0 aliphatic heterocycles. The predicted octanol–water partition coefficient (Wildman–Crippen LogP) is 1.25. The zero-order valence-corrected chi connectivity index (χ0v) is 12.9. The molecule has 118 valence electrons. The van der Waals surface area contributed by atoms with Crippen LogP contribution in [0.15, 0.2) is 12.3 Å². The van der Waals surface area contributed by atoms with Crippen molar-refractivity contribution in [3.05, 3.63) is 39.5 Å². The van der Waals surface area contributed by atoms with Crippen LogP contribution in [0.25, 0.3) is 0 Å². The van der Waals surface area contributed by atoms with E-state index in [0.29, 0.717) is 17.1 Å². The molecule has 0 aliphatic carbocycles. The van der Waals surface area contributed by atoms with Gasteiger partial charge in [0.2, 0.25) is 0 Å². The molecule has 9 nitrogen and oxygen atoms in total. The minimum atomic E-state index is -0.446. The van der Waals surface area contributed by atoms with Crippen LogP contribution in [0.1, 0.15) is 35.7 Å². The van der Waals surface area contributed by atoms with E-state index >= 15 is 0 Å². The van der Waals surface area contributed by atoms with Crippen LogP contribution >= 0.6 is 0 Å². The van der Waals surface area contributed by atoms with Crippen LogP contribution in [-0.2, 0) is 6.67 Å². The van der Waals surface area contributed by atoms with E-state index in [2.05, 4.69) is 15.5 Å². The van der Waals surface area contributed by atoms with Gasteiger partial charge in [-0.05, 0) is 33.8 Å². The maximum atomic E-state index is 11.8. The smallest absolute Gasteiger partial charge is 0.312 e. The van der Waals surface area contributed by atoms with Crippen molar-refractivity contribution in [3.8, 4) is 0 Å². The molecule has 2 rings (SSSR count). The van der Waals surface area contributed by atoms with Crippen LogP contribution in [-0.4, -0.2) is 36.4 Å². The van der Waals surface area contributed by atoms with Crippen LogP contribution in [0.3, 0.4) is 0 Å². The first-order chi connectivity index (χ1) is 10.3. The summed E-state index contributed by atoms with van der Waals surface area (Å²) in [5.41, 5.74) is 1.10. The molecular formula is C13H18N6O3. The molecule has 0 spiro atoms. The molecule has 0 atom stereocenters. The zero-order valence-electron chi connectivity index (χ0n) is 12.9. The molecule has 1 amide bonds. The van der Waals surface area contributed by atoms with Gasteiger partial charge in [0.15, 0.2) is 0 Å². The Bertz CT molecular complexity index is 715. The number of nitro groups is 1. The van der Waals surface area contributed by atoms with Crippen molar-refractivity contribution in [3.63, 3.8) is 0 Å². The SMILES string of the molecule is Cc1nn(Cn2ccc(C(=O)NC(C)C)n2)c(C)c1[N+](=O)[O-]. The van der Waals surface area contributed by atoms with Crippen molar-refractivity contribution in [1.82, 2.24) is 24.9 Å². The summed E-state index contributed by atoms with van der Waals surface area (Å²) in [5, 5.41) is 22.0.